The molecular formula is C16H17ClN4O2. The predicted octanol–water partition coefficient (Wildman–Crippen LogP) is 2.68. The van der Waals surface area contributed by atoms with E-state index >= 15 is 0 Å². The highest BCUT2D eigenvalue weighted by Crippen LogP contribution is 2.35. The molecule has 6 nitrogen and oxygen atoms in total. The largest absolute Gasteiger partial charge is 0.389 e. The predicted molar refractivity (Wildman–Crippen MR) is 88.4 cm³/mol. The molecule has 3 rings (SSSR count). The number of aliphatic hydroxyl groups excluding tert-OH is 1. The Bertz CT molecular complexity index is 764. The van der Waals surface area contributed by atoms with Gasteiger partial charge in [-0.25, -0.2) is 9.78 Å². The summed E-state index contributed by atoms with van der Waals surface area (Å²) in [5.41, 5.74) is 8.51. The zero-order valence-corrected chi connectivity index (χ0v) is 13.4. The number of primary amides is 1. The molecule has 120 valence electrons. The van der Waals surface area contributed by atoms with E-state index in [-0.39, 0.29) is 0 Å². The van der Waals surface area contributed by atoms with Crippen LogP contribution in [0.3, 0.4) is 0 Å². The zero-order chi connectivity index (χ0) is 16.6. The van der Waals surface area contributed by atoms with E-state index in [1.807, 2.05) is 6.07 Å². The van der Waals surface area contributed by atoms with Crippen molar-refractivity contribution in [3.8, 4) is 11.1 Å². The van der Waals surface area contributed by atoms with Crippen LogP contribution in [0, 0.1) is 0 Å². The first-order chi connectivity index (χ1) is 11.0. The minimum absolute atomic E-state index is 0.411. The third-order valence-corrected chi connectivity index (χ3v) is 4.26. The Labute approximate surface area is 138 Å². The second kappa shape index (κ2) is 6.14. The Morgan fingerprint density at radius 2 is 2.22 bits per heavy atom. The van der Waals surface area contributed by atoms with Gasteiger partial charge in [0.05, 0.1) is 11.1 Å². The molecule has 1 aliphatic heterocycles. The van der Waals surface area contributed by atoms with Gasteiger partial charge in [-0.05, 0) is 31.4 Å². The smallest absolute Gasteiger partial charge is 0.320 e. The average Bonchev–Trinajstić information content (AvgIpc) is 2.53. The summed E-state index contributed by atoms with van der Waals surface area (Å²) in [6.45, 7) is 2.23. The molecule has 0 saturated carbocycles. The number of carbonyl (C=O) groups is 1. The molecule has 0 aromatic carbocycles. The molecule has 0 saturated heterocycles. The van der Waals surface area contributed by atoms with Crippen molar-refractivity contribution in [3.05, 3.63) is 40.8 Å². The molecule has 1 aliphatic rings. The number of urea groups is 1. The first-order valence-corrected chi connectivity index (χ1v) is 7.74. The summed E-state index contributed by atoms with van der Waals surface area (Å²) in [6, 6.07) is 1.46. The summed E-state index contributed by atoms with van der Waals surface area (Å²) < 4.78 is 0. The number of carbonyl (C=O) groups excluding carboxylic acids is 1. The van der Waals surface area contributed by atoms with E-state index in [1.54, 1.807) is 19.3 Å². The van der Waals surface area contributed by atoms with Crippen molar-refractivity contribution in [3.63, 3.8) is 0 Å². The summed E-state index contributed by atoms with van der Waals surface area (Å²) in [6.07, 6.45) is 5.74. The van der Waals surface area contributed by atoms with Gasteiger partial charge in [0.2, 0.25) is 0 Å². The van der Waals surface area contributed by atoms with Crippen molar-refractivity contribution in [2.24, 2.45) is 5.73 Å². The highest BCUT2D eigenvalue weighted by molar-refractivity contribution is 6.31. The van der Waals surface area contributed by atoms with E-state index in [4.69, 9.17) is 17.3 Å². The molecule has 3 heterocycles. The standard InChI is InChI=1S/C16H17ClN4O2/c1-9(22)14-12(7-19-8-13(14)17)11-5-10-3-2-4-21(16(18)23)15(10)20-6-11/h5-9,22H,2-4H2,1H3,(H2,18,23)/t9-/m0/s1. The van der Waals surface area contributed by atoms with Gasteiger partial charge in [-0.2, -0.15) is 0 Å². The lowest BCUT2D eigenvalue weighted by Crippen LogP contribution is -2.40. The number of pyridine rings is 2. The first kappa shape index (κ1) is 15.7. The minimum atomic E-state index is -0.723. The van der Waals surface area contributed by atoms with Crippen LogP contribution in [0.4, 0.5) is 10.6 Å². The maximum Gasteiger partial charge on any atom is 0.320 e. The van der Waals surface area contributed by atoms with Crippen molar-refractivity contribution in [2.75, 3.05) is 11.4 Å². The zero-order valence-electron chi connectivity index (χ0n) is 12.7. The van der Waals surface area contributed by atoms with Crippen molar-refractivity contribution in [1.82, 2.24) is 9.97 Å². The number of anilines is 1. The van der Waals surface area contributed by atoms with Crippen LogP contribution in [-0.2, 0) is 6.42 Å². The fourth-order valence-corrected chi connectivity index (χ4v) is 3.24. The number of amides is 2. The number of hydrogen-bond acceptors (Lipinski definition) is 4. The van der Waals surface area contributed by atoms with Gasteiger partial charge in [0.25, 0.3) is 0 Å². The third-order valence-electron chi connectivity index (χ3n) is 3.96. The molecule has 2 aromatic heterocycles. The second-order valence-corrected chi connectivity index (χ2v) is 5.97. The lowest BCUT2D eigenvalue weighted by Gasteiger charge is -2.27. The highest BCUT2D eigenvalue weighted by atomic mass is 35.5. The minimum Gasteiger partial charge on any atom is -0.389 e. The molecule has 0 radical (unpaired) electrons. The molecule has 0 spiro atoms. The van der Waals surface area contributed by atoms with Crippen LogP contribution in [-0.4, -0.2) is 27.7 Å². The molecular weight excluding hydrogens is 316 g/mol. The molecule has 23 heavy (non-hydrogen) atoms. The van der Waals surface area contributed by atoms with Gasteiger partial charge in [0.15, 0.2) is 0 Å². The van der Waals surface area contributed by atoms with Crippen LogP contribution in [0.2, 0.25) is 5.02 Å². The SMILES string of the molecule is C[C@H](O)c1c(Cl)cncc1-c1cnc2c(c1)CCCN2C(N)=O. The average molecular weight is 333 g/mol. The van der Waals surface area contributed by atoms with Crippen molar-refractivity contribution >= 4 is 23.4 Å². The lowest BCUT2D eigenvalue weighted by molar-refractivity contribution is 0.200. The van der Waals surface area contributed by atoms with E-state index in [9.17, 15) is 9.90 Å². The van der Waals surface area contributed by atoms with Gasteiger partial charge in [-0.15, -0.1) is 0 Å². The molecule has 0 bridgehead atoms. The Balaban J connectivity index is 2.10. The Hall–Kier alpha value is -2.18. The van der Waals surface area contributed by atoms with Crippen molar-refractivity contribution < 1.29 is 9.90 Å². The molecule has 2 aromatic rings. The monoisotopic (exact) mass is 332 g/mol. The second-order valence-electron chi connectivity index (χ2n) is 5.56. The van der Waals surface area contributed by atoms with Crippen LogP contribution in [0.1, 0.15) is 30.6 Å². The quantitative estimate of drug-likeness (QED) is 0.884. The number of fused-ring (bicyclic) bond motifs is 1. The summed E-state index contributed by atoms with van der Waals surface area (Å²) in [5.74, 6) is 0.598. The van der Waals surface area contributed by atoms with E-state index in [0.717, 1.165) is 29.5 Å². The number of halogens is 1. The van der Waals surface area contributed by atoms with Crippen LogP contribution in [0.5, 0.6) is 0 Å². The molecule has 1 atom stereocenters. The summed E-state index contributed by atoms with van der Waals surface area (Å²) in [7, 11) is 0. The lowest BCUT2D eigenvalue weighted by atomic mass is 9.97. The first-order valence-electron chi connectivity index (χ1n) is 7.36. The number of hydrogen-bond donors (Lipinski definition) is 2. The summed E-state index contributed by atoms with van der Waals surface area (Å²) >= 11 is 6.17. The van der Waals surface area contributed by atoms with Gasteiger partial charge >= 0.3 is 6.03 Å². The highest BCUT2D eigenvalue weighted by Gasteiger charge is 2.23. The number of nitrogens with zero attached hydrogens (tertiary/aromatic N) is 3. The van der Waals surface area contributed by atoms with Gasteiger partial charge < -0.3 is 10.8 Å². The van der Waals surface area contributed by atoms with E-state index in [0.29, 0.717) is 22.9 Å². The normalized spacial score (nSPS) is 15.2. The Morgan fingerprint density at radius 1 is 1.43 bits per heavy atom. The van der Waals surface area contributed by atoms with E-state index in [1.165, 1.54) is 11.1 Å². The van der Waals surface area contributed by atoms with E-state index in [2.05, 4.69) is 9.97 Å². The molecule has 2 amide bonds. The van der Waals surface area contributed by atoms with E-state index < -0.39 is 12.1 Å². The number of rotatable bonds is 2. The van der Waals surface area contributed by atoms with Gasteiger partial charge in [-0.1, -0.05) is 11.6 Å². The maximum absolute atomic E-state index is 11.5. The van der Waals surface area contributed by atoms with Crippen LogP contribution < -0.4 is 10.6 Å². The summed E-state index contributed by atoms with van der Waals surface area (Å²) in [5, 5.41) is 10.4. The maximum atomic E-state index is 11.5. The third kappa shape index (κ3) is 2.87. The summed E-state index contributed by atoms with van der Waals surface area (Å²) in [4.78, 5) is 21.5. The van der Waals surface area contributed by atoms with Crippen LogP contribution >= 0.6 is 11.6 Å². The number of aromatic nitrogens is 2. The van der Waals surface area contributed by atoms with Gasteiger partial charge in [-0.3, -0.25) is 9.88 Å². The number of aliphatic hydroxyl groups is 1. The number of nitrogens with two attached hydrogens (primary N) is 1. The van der Waals surface area contributed by atoms with Crippen molar-refractivity contribution in [2.45, 2.75) is 25.9 Å². The van der Waals surface area contributed by atoms with Gasteiger partial charge in [0.1, 0.15) is 5.82 Å². The fourth-order valence-electron chi connectivity index (χ4n) is 2.93. The molecule has 0 aliphatic carbocycles. The Kier molecular flexibility index (Phi) is 4.19. The molecule has 0 unspecified atom stereocenters. The molecule has 3 N–H and O–H groups in total. The Morgan fingerprint density at radius 3 is 2.91 bits per heavy atom. The van der Waals surface area contributed by atoms with Crippen LogP contribution in [0.25, 0.3) is 11.1 Å². The van der Waals surface area contributed by atoms with Crippen LogP contribution in [0.15, 0.2) is 24.7 Å². The molecule has 0 fully saturated rings. The van der Waals surface area contributed by atoms with Crippen molar-refractivity contribution in [1.29, 1.82) is 0 Å². The molecule has 7 heteroatoms. The fraction of sp³-hybridized carbons (Fsp3) is 0.312. The number of aryl methyl sites for hydroxylation is 1. The topological polar surface area (TPSA) is 92.3 Å². The van der Waals surface area contributed by atoms with Gasteiger partial charge in [0, 0.05) is 41.8 Å².